The molecule has 1 fully saturated rings. The van der Waals surface area contributed by atoms with Crippen molar-refractivity contribution in [1.82, 2.24) is 19.9 Å². The van der Waals surface area contributed by atoms with Crippen LogP contribution >= 0.6 is 11.8 Å². The van der Waals surface area contributed by atoms with Crippen LogP contribution in [-0.2, 0) is 4.74 Å². The van der Waals surface area contributed by atoms with Gasteiger partial charge in [0.25, 0.3) is 5.91 Å². The van der Waals surface area contributed by atoms with Crippen molar-refractivity contribution in [3.63, 3.8) is 0 Å². The van der Waals surface area contributed by atoms with Gasteiger partial charge in [-0.25, -0.2) is 9.97 Å². The Hall–Kier alpha value is -1.60. The Morgan fingerprint density at radius 2 is 2.36 bits per heavy atom. The first-order valence-corrected chi connectivity index (χ1v) is 8.63. The van der Waals surface area contributed by atoms with Crippen LogP contribution in [-0.4, -0.2) is 47.0 Å². The molecular weight excluding hydrogens is 300 g/mol. The van der Waals surface area contributed by atoms with Gasteiger partial charge in [-0.2, -0.15) is 0 Å². The predicted molar refractivity (Wildman–Crippen MR) is 86.3 cm³/mol. The van der Waals surface area contributed by atoms with Gasteiger partial charge in [0.2, 0.25) is 0 Å². The van der Waals surface area contributed by atoms with Gasteiger partial charge in [-0.1, -0.05) is 18.7 Å². The van der Waals surface area contributed by atoms with E-state index in [1.165, 1.54) is 11.8 Å². The molecule has 0 saturated carbocycles. The summed E-state index contributed by atoms with van der Waals surface area (Å²) in [6, 6.07) is 2.00. The molecule has 1 saturated heterocycles. The standard InChI is InChI=1S/C15H20N4O2S/c1-4-9-7-21-8-12(9)19-11(14(20)16-2)5-10-6-17-15(22-3)18-13(10)19/h5-6,9,12H,4,7-8H2,1-3H3,(H,16,20). The Kier molecular flexibility index (Phi) is 4.35. The maximum absolute atomic E-state index is 12.3. The largest absolute Gasteiger partial charge is 0.379 e. The van der Waals surface area contributed by atoms with Gasteiger partial charge in [0, 0.05) is 24.5 Å². The topological polar surface area (TPSA) is 69.0 Å². The van der Waals surface area contributed by atoms with E-state index in [1.807, 2.05) is 16.9 Å². The second-order valence-electron chi connectivity index (χ2n) is 5.39. The molecule has 0 radical (unpaired) electrons. The smallest absolute Gasteiger partial charge is 0.267 e. The van der Waals surface area contributed by atoms with Crippen LogP contribution in [0.3, 0.4) is 0 Å². The summed E-state index contributed by atoms with van der Waals surface area (Å²) in [7, 11) is 1.64. The number of hydrogen-bond donors (Lipinski definition) is 1. The van der Waals surface area contributed by atoms with Gasteiger partial charge in [0.1, 0.15) is 11.3 Å². The van der Waals surface area contributed by atoms with E-state index >= 15 is 0 Å². The number of rotatable bonds is 4. The molecule has 1 amide bonds. The molecule has 1 aliphatic rings. The highest BCUT2D eigenvalue weighted by molar-refractivity contribution is 7.98. The molecule has 0 bridgehead atoms. The lowest BCUT2D eigenvalue weighted by molar-refractivity contribution is 0.0950. The summed E-state index contributed by atoms with van der Waals surface area (Å²) >= 11 is 1.50. The molecule has 1 aliphatic heterocycles. The van der Waals surface area contributed by atoms with Crippen molar-refractivity contribution in [2.45, 2.75) is 24.5 Å². The van der Waals surface area contributed by atoms with E-state index in [0.717, 1.165) is 24.1 Å². The molecular formula is C15H20N4O2S. The minimum absolute atomic E-state index is 0.106. The summed E-state index contributed by atoms with van der Waals surface area (Å²) in [5.74, 6) is 0.289. The summed E-state index contributed by atoms with van der Waals surface area (Å²) in [6.07, 6.45) is 4.74. The van der Waals surface area contributed by atoms with Crippen molar-refractivity contribution >= 4 is 28.7 Å². The molecule has 2 aromatic rings. The predicted octanol–water partition coefficient (Wildman–Crippen LogP) is 2.11. The van der Waals surface area contributed by atoms with E-state index in [4.69, 9.17) is 4.74 Å². The molecule has 0 spiro atoms. The summed E-state index contributed by atoms with van der Waals surface area (Å²) in [4.78, 5) is 21.2. The van der Waals surface area contributed by atoms with Crippen molar-refractivity contribution in [1.29, 1.82) is 0 Å². The maximum Gasteiger partial charge on any atom is 0.267 e. The average Bonchev–Trinajstić information content (AvgIpc) is 3.16. The number of amides is 1. The van der Waals surface area contributed by atoms with Gasteiger partial charge in [-0.15, -0.1) is 0 Å². The van der Waals surface area contributed by atoms with Gasteiger partial charge < -0.3 is 14.6 Å². The molecule has 0 aromatic carbocycles. The summed E-state index contributed by atoms with van der Waals surface area (Å²) in [5, 5.41) is 4.31. The second-order valence-corrected chi connectivity index (χ2v) is 6.16. The van der Waals surface area contributed by atoms with Crippen LogP contribution in [0.15, 0.2) is 17.4 Å². The van der Waals surface area contributed by atoms with E-state index in [0.29, 0.717) is 23.4 Å². The molecule has 2 aromatic heterocycles. The molecule has 7 heteroatoms. The molecule has 1 N–H and O–H groups in total. The number of aromatic nitrogens is 3. The summed E-state index contributed by atoms with van der Waals surface area (Å²) < 4.78 is 7.70. The first-order chi connectivity index (χ1) is 10.7. The summed E-state index contributed by atoms with van der Waals surface area (Å²) in [5.41, 5.74) is 1.44. The zero-order chi connectivity index (χ0) is 15.7. The van der Waals surface area contributed by atoms with Gasteiger partial charge >= 0.3 is 0 Å². The fourth-order valence-corrected chi connectivity index (χ4v) is 3.33. The fourth-order valence-electron chi connectivity index (χ4n) is 2.99. The number of fused-ring (bicyclic) bond motifs is 1. The monoisotopic (exact) mass is 320 g/mol. The number of hydrogen-bond acceptors (Lipinski definition) is 5. The zero-order valence-corrected chi connectivity index (χ0v) is 13.8. The molecule has 0 aliphatic carbocycles. The Morgan fingerprint density at radius 1 is 1.55 bits per heavy atom. The van der Waals surface area contributed by atoms with Crippen LogP contribution in [0.2, 0.25) is 0 Å². The highest BCUT2D eigenvalue weighted by Gasteiger charge is 2.32. The van der Waals surface area contributed by atoms with E-state index in [9.17, 15) is 4.79 Å². The van der Waals surface area contributed by atoms with Gasteiger partial charge in [0.15, 0.2) is 5.16 Å². The number of nitrogens with zero attached hydrogens (tertiary/aromatic N) is 3. The quantitative estimate of drug-likeness (QED) is 0.690. The van der Waals surface area contributed by atoms with Crippen molar-refractivity contribution in [2.75, 3.05) is 26.5 Å². The Morgan fingerprint density at radius 3 is 3.05 bits per heavy atom. The van der Waals surface area contributed by atoms with Crippen LogP contribution in [0.1, 0.15) is 29.9 Å². The Balaban J connectivity index is 2.20. The zero-order valence-electron chi connectivity index (χ0n) is 13.0. The third kappa shape index (κ3) is 2.48. The Bertz CT molecular complexity index is 700. The number of carbonyl (C=O) groups excluding carboxylic acids is 1. The molecule has 3 rings (SSSR count). The molecule has 22 heavy (non-hydrogen) atoms. The second kappa shape index (κ2) is 6.26. The lowest BCUT2D eigenvalue weighted by Crippen LogP contribution is -2.26. The molecule has 2 atom stereocenters. The van der Waals surface area contributed by atoms with E-state index in [1.54, 1.807) is 13.2 Å². The maximum atomic E-state index is 12.3. The van der Waals surface area contributed by atoms with E-state index in [2.05, 4.69) is 22.2 Å². The van der Waals surface area contributed by atoms with E-state index in [-0.39, 0.29) is 11.9 Å². The number of carbonyl (C=O) groups is 1. The van der Waals surface area contributed by atoms with E-state index < -0.39 is 0 Å². The Labute approximate surface area is 133 Å². The normalized spacial score (nSPS) is 21.4. The minimum Gasteiger partial charge on any atom is -0.379 e. The highest BCUT2D eigenvalue weighted by atomic mass is 32.2. The molecule has 118 valence electrons. The molecule has 6 nitrogen and oxygen atoms in total. The first-order valence-electron chi connectivity index (χ1n) is 7.41. The fraction of sp³-hybridized carbons (Fsp3) is 0.533. The van der Waals surface area contributed by atoms with Crippen LogP contribution < -0.4 is 5.32 Å². The van der Waals surface area contributed by atoms with Crippen LogP contribution in [0.25, 0.3) is 11.0 Å². The van der Waals surface area contributed by atoms with Crippen molar-refractivity contribution in [3.05, 3.63) is 18.0 Å². The third-order valence-electron chi connectivity index (χ3n) is 4.22. The van der Waals surface area contributed by atoms with Crippen molar-refractivity contribution in [2.24, 2.45) is 5.92 Å². The van der Waals surface area contributed by atoms with Crippen LogP contribution in [0.4, 0.5) is 0 Å². The number of nitrogens with one attached hydrogen (secondary N) is 1. The molecule has 3 heterocycles. The van der Waals surface area contributed by atoms with Crippen LogP contribution in [0, 0.1) is 5.92 Å². The number of ether oxygens (including phenoxy) is 1. The van der Waals surface area contributed by atoms with Gasteiger partial charge in [-0.3, -0.25) is 4.79 Å². The van der Waals surface area contributed by atoms with Crippen molar-refractivity contribution in [3.8, 4) is 0 Å². The van der Waals surface area contributed by atoms with Gasteiger partial charge in [0.05, 0.1) is 19.3 Å². The van der Waals surface area contributed by atoms with Crippen LogP contribution in [0.5, 0.6) is 0 Å². The lowest BCUT2D eigenvalue weighted by Gasteiger charge is -2.21. The number of thioether (sulfide) groups is 1. The highest BCUT2D eigenvalue weighted by Crippen LogP contribution is 2.33. The average molecular weight is 320 g/mol. The lowest BCUT2D eigenvalue weighted by atomic mass is 10.0. The first kappa shape index (κ1) is 15.3. The SMILES string of the molecule is CCC1COCC1n1c(C(=O)NC)cc2cnc(SC)nc21. The third-order valence-corrected chi connectivity index (χ3v) is 4.78. The van der Waals surface area contributed by atoms with Gasteiger partial charge in [-0.05, 0) is 18.7 Å². The van der Waals surface area contributed by atoms with Crippen molar-refractivity contribution < 1.29 is 9.53 Å². The summed E-state index contributed by atoms with van der Waals surface area (Å²) in [6.45, 7) is 3.50. The molecule has 2 unspecified atom stereocenters. The minimum atomic E-state index is -0.106.